The van der Waals surface area contributed by atoms with Crippen LogP contribution in [0.1, 0.15) is 69.2 Å². The summed E-state index contributed by atoms with van der Waals surface area (Å²) in [5.41, 5.74) is 2.45. The number of para-hydroxylation sites is 1. The number of thioether (sulfide) groups is 1. The first-order valence-electron chi connectivity index (χ1n) is 18.1. The second-order valence-corrected chi connectivity index (χ2v) is 16.3. The van der Waals surface area contributed by atoms with Gasteiger partial charge < -0.3 is 21.1 Å². The molecule has 1 unspecified atom stereocenters. The van der Waals surface area contributed by atoms with Crippen LogP contribution in [0.15, 0.2) is 91.1 Å². The first-order valence-corrected chi connectivity index (χ1v) is 19.2. The maximum atomic E-state index is 14.0. The zero-order valence-corrected chi connectivity index (χ0v) is 31.6. The molecule has 10 nitrogen and oxygen atoms in total. The van der Waals surface area contributed by atoms with Gasteiger partial charge in [-0.05, 0) is 75.8 Å². The average Bonchev–Trinajstić information content (AvgIpc) is 3.12. The quantitative estimate of drug-likeness (QED) is 0.140. The molecule has 5 atom stereocenters. The van der Waals surface area contributed by atoms with E-state index < -0.39 is 41.6 Å². The Hall–Kier alpha value is -4.32. The lowest BCUT2D eigenvalue weighted by atomic mass is 9.95. The van der Waals surface area contributed by atoms with Gasteiger partial charge in [-0.15, -0.1) is 0 Å². The van der Waals surface area contributed by atoms with E-state index in [1.165, 1.54) is 0 Å². The molecule has 1 aliphatic rings. The number of β-amino-alcohol motifs (C(OH)–C–C–N with tert-alkyl or cyclic N) is 1. The molecule has 2 aromatic heterocycles. The van der Waals surface area contributed by atoms with Gasteiger partial charge in [0, 0.05) is 41.2 Å². The van der Waals surface area contributed by atoms with Crippen LogP contribution in [0.4, 0.5) is 0 Å². The molecule has 0 radical (unpaired) electrons. The summed E-state index contributed by atoms with van der Waals surface area (Å²) in [5, 5.41) is 22.2. The van der Waals surface area contributed by atoms with Crippen LogP contribution in [-0.4, -0.2) is 85.8 Å². The minimum Gasteiger partial charge on any atom is -0.390 e. The van der Waals surface area contributed by atoms with Crippen LogP contribution in [0.25, 0.3) is 10.9 Å². The molecule has 1 aliphatic heterocycles. The molecular weight excluding hydrogens is 673 g/mol. The van der Waals surface area contributed by atoms with Crippen LogP contribution in [0.3, 0.4) is 0 Å². The van der Waals surface area contributed by atoms with Crippen molar-refractivity contribution in [3.8, 4) is 0 Å². The lowest BCUT2D eigenvalue weighted by molar-refractivity contribution is -0.130. The van der Waals surface area contributed by atoms with Gasteiger partial charge in [-0.2, -0.15) is 11.8 Å². The highest BCUT2D eigenvalue weighted by Crippen LogP contribution is 2.30. The Morgan fingerprint density at radius 3 is 2.38 bits per heavy atom. The van der Waals surface area contributed by atoms with E-state index in [1.807, 2.05) is 125 Å². The fraction of sp³-hybridized carbons (Fsp3) is 0.439. The number of carbonyl (C=O) groups is 3. The van der Waals surface area contributed by atoms with Crippen molar-refractivity contribution in [1.82, 2.24) is 30.8 Å². The molecule has 4 aromatic rings. The van der Waals surface area contributed by atoms with Crippen molar-refractivity contribution in [3.05, 3.63) is 108 Å². The Bertz CT molecular complexity index is 1780. The summed E-state index contributed by atoms with van der Waals surface area (Å²) in [6, 6.07) is 24.6. The van der Waals surface area contributed by atoms with Crippen LogP contribution in [0, 0.1) is 5.92 Å². The average molecular weight is 725 g/mol. The highest BCUT2D eigenvalue weighted by Gasteiger charge is 2.38. The summed E-state index contributed by atoms with van der Waals surface area (Å²) < 4.78 is 0. The van der Waals surface area contributed by atoms with Crippen molar-refractivity contribution >= 4 is 40.4 Å². The molecule has 0 bridgehead atoms. The van der Waals surface area contributed by atoms with E-state index in [1.54, 1.807) is 12.3 Å². The van der Waals surface area contributed by atoms with Crippen LogP contribution < -0.4 is 16.0 Å². The molecule has 2 aromatic carbocycles. The van der Waals surface area contributed by atoms with Crippen molar-refractivity contribution in [1.29, 1.82) is 0 Å². The fourth-order valence-electron chi connectivity index (χ4n) is 6.50. The molecule has 3 heterocycles. The SMILES string of the molecule is CC(C)[C@H](NC(=O)c1ccc2ccccc2n1)C(=O)N[C@@H](Cc1ccccc1)[C@H](O)CN1CC[C@@H](SCc2ccccn2)CC1C(=O)NC(C)(C)C. The highest BCUT2D eigenvalue weighted by atomic mass is 32.2. The number of nitrogens with one attached hydrogen (secondary N) is 3. The number of carbonyl (C=O) groups excluding carboxylic acids is 3. The van der Waals surface area contributed by atoms with Gasteiger partial charge in [-0.3, -0.25) is 24.3 Å². The highest BCUT2D eigenvalue weighted by molar-refractivity contribution is 7.99. The van der Waals surface area contributed by atoms with E-state index in [0.29, 0.717) is 24.9 Å². The largest absolute Gasteiger partial charge is 0.390 e. The topological polar surface area (TPSA) is 137 Å². The van der Waals surface area contributed by atoms with Gasteiger partial charge in [0.25, 0.3) is 5.91 Å². The van der Waals surface area contributed by atoms with Gasteiger partial charge in [-0.1, -0.05) is 74.5 Å². The first-order chi connectivity index (χ1) is 24.9. The summed E-state index contributed by atoms with van der Waals surface area (Å²) in [6.45, 7) is 10.4. The molecule has 276 valence electrons. The van der Waals surface area contributed by atoms with Gasteiger partial charge >= 0.3 is 0 Å². The number of benzene rings is 2. The van der Waals surface area contributed by atoms with Crippen LogP contribution in [0.5, 0.6) is 0 Å². The predicted octanol–water partition coefficient (Wildman–Crippen LogP) is 5.15. The standard InChI is InChI=1S/C41H52N6O4S/c1-27(2)37(45-38(49)33-19-18-29-15-9-10-17-32(29)43-33)40(51)44-34(23-28-13-7-6-8-14-28)36(48)25-47-22-20-31(52-26-30-16-11-12-21-42-30)24-35(47)39(50)46-41(3,4)5/h6-19,21,27,31,34-37,48H,20,22-26H2,1-5H3,(H,44,51)(H,45,49)(H,46,50)/t31-,34+,35?,36-,37+/m1/s1. The van der Waals surface area contributed by atoms with E-state index in [2.05, 4.69) is 30.8 Å². The lowest BCUT2D eigenvalue weighted by Gasteiger charge is -2.41. The monoisotopic (exact) mass is 724 g/mol. The third-order valence-electron chi connectivity index (χ3n) is 9.24. The molecule has 5 rings (SSSR count). The second-order valence-electron chi connectivity index (χ2n) is 15.0. The van der Waals surface area contributed by atoms with Crippen LogP contribution >= 0.6 is 11.8 Å². The molecule has 0 spiro atoms. The zero-order valence-electron chi connectivity index (χ0n) is 30.8. The summed E-state index contributed by atoms with van der Waals surface area (Å²) in [7, 11) is 0. The van der Waals surface area contributed by atoms with Crippen molar-refractivity contribution in [3.63, 3.8) is 0 Å². The lowest BCUT2D eigenvalue weighted by Crippen LogP contribution is -2.60. The number of hydrogen-bond donors (Lipinski definition) is 4. The number of likely N-dealkylation sites (tertiary alicyclic amines) is 1. The number of pyridine rings is 2. The number of aromatic nitrogens is 2. The van der Waals surface area contributed by atoms with Crippen LogP contribution in [0.2, 0.25) is 0 Å². The van der Waals surface area contributed by atoms with E-state index in [0.717, 1.165) is 28.8 Å². The smallest absolute Gasteiger partial charge is 0.270 e. The third kappa shape index (κ3) is 11.1. The summed E-state index contributed by atoms with van der Waals surface area (Å²) in [5.74, 6) is -0.396. The Morgan fingerprint density at radius 1 is 0.942 bits per heavy atom. The summed E-state index contributed by atoms with van der Waals surface area (Å²) in [4.78, 5) is 52.1. The van der Waals surface area contributed by atoms with Gasteiger partial charge in [0.05, 0.1) is 29.4 Å². The van der Waals surface area contributed by atoms with E-state index in [-0.39, 0.29) is 29.3 Å². The number of amides is 3. The van der Waals surface area contributed by atoms with Crippen molar-refractivity contribution in [2.24, 2.45) is 5.92 Å². The maximum absolute atomic E-state index is 14.0. The normalized spacial score (nSPS) is 18.4. The zero-order chi connectivity index (χ0) is 37.3. The van der Waals surface area contributed by atoms with Gasteiger partial charge in [-0.25, -0.2) is 4.98 Å². The molecule has 3 amide bonds. The van der Waals surface area contributed by atoms with Gasteiger partial charge in [0.15, 0.2) is 0 Å². The van der Waals surface area contributed by atoms with Crippen molar-refractivity contribution < 1.29 is 19.5 Å². The summed E-state index contributed by atoms with van der Waals surface area (Å²) in [6.07, 6.45) is 2.64. The Labute approximate surface area is 311 Å². The molecular formula is C41H52N6O4S. The molecule has 1 fully saturated rings. The second kappa shape index (κ2) is 17.9. The number of hydrogen-bond acceptors (Lipinski definition) is 8. The molecule has 52 heavy (non-hydrogen) atoms. The number of fused-ring (bicyclic) bond motifs is 1. The predicted molar refractivity (Wildman–Crippen MR) is 208 cm³/mol. The Kier molecular flexibility index (Phi) is 13.4. The Morgan fingerprint density at radius 2 is 1.67 bits per heavy atom. The molecule has 4 N–H and O–H groups in total. The fourth-order valence-corrected chi connectivity index (χ4v) is 7.67. The number of piperidine rings is 1. The molecule has 0 aliphatic carbocycles. The molecule has 1 saturated heterocycles. The molecule has 11 heteroatoms. The van der Waals surface area contributed by atoms with E-state index in [9.17, 15) is 19.5 Å². The van der Waals surface area contributed by atoms with Crippen LogP contribution in [-0.2, 0) is 21.8 Å². The van der Waals surface area contributed by atoms with Crippen molar-refractivity contribution in [2.45, 2.75) is 94.7 Å². The minimum absolute atomic E-state index is 0.0728. The van der Waals surface area contributed by atoms with E-state index >= 15 is 0 Å². The molecule has 0 saturated carbocycles. The van der Waals surface area contributed by atoms with Crippen molar-refractivity contribution in [2.75, 3.05) is 13.1 Å². The number of aliphatic hydroxyl groups excluding tert-OH is 1. The first kappa shape index (κ1) is 38.9. The van der Waals surface area contributed by atoms with Gasteiger partial charge in [0.2, 0.25) is 11.8 Å². The van der Waals surface area contributed by atoms with E-state index in [4.69, 9.17) is 0 Å². The Balaban J connectivity index is 1.31. The third-order valence-corrected chi connectivity index (χ3v) is 10.6. The number of nitrogens with zero attached hydrogens (tertiary/aromatic N) is 3. The maximum Gasteiger partial charge on any atom is 0.270 e. The number of rotatable bonds is 14. The number of aliphatic hydroxyl groups is 1. The summed E-state index contributed by atoms with van der Waals surface area (Å²) >= 11 is 1.81. The minimum atomic E-state index is -1.00. The van der Waals surface area contributed by atoms with Gasteiger partial charge in [0.1, 0.15) is 11.7 Å².